The molecule has 3 rings (SSSR count). The quantitative estimate of drug-likeness (QED) is 0.620. The molecule has 1 saturated carbocycles. The molecule has 0 aromatic heterocycles. The van der Waals surface area contributed by atoms with Gasteiger partial charge < -0.3 is 10.2 Å². The standard InChI is InChI=1S/C24H32N2S/c27-24(25-23-16-8-3-9-17-23)26(20-18-22-13-6-2-7-14-22)19-10-15-21-11-4-1-5-12-21/h1-2,4-7,11-14,23H,3,8-10,15-20H2,(H,25,27). The second-order valence-electron chi connectivity index (χ2n) is 7.60. The minimum absolute atomic E-state index is 0.569. The molecule has 2 aromatic rings. The van der Waals surface area contributed by atoms with Crippen LogP contribution in [0.4, 0.5) is 0 Å². The van der Waals surface area contributed by atoms with Crippen molar-refractivity contribution >= 4 is 17.3 Å². The highest BCUT2D eigenvalue weighted by Crippen LogP contribution is 2.18. The van der Waals surface area contributed by atoms with Crippen molar-refractivity contribution in [2.75, 3.05) is 13.1 Å². The Morgan fingerprint density at radius 3 is 2.04 bits per heavy atom. The summed E-state index contributed by atoms with van der Waals surface area (Å²) in [6.07, 6.45) is 9.84. The molecule has 0 unspecified atom stereocenters. The minimum atomic E-state index is 0.569. The van der Waals surface area contributed by atoms with E-state index < -0.39 is 0 Å². The summed E-state index contributed by atoms with van der Waals surface area (Å²) in [6, 6.07) is 22.1. The molecule has 0 heterocycles. The van der Waals surface area contributed by atoms with Crippen molar-refractivity contribution < 1.29 is 0 Å². The highest BCUT2D eigenvalue weighted by Gasteiger charge is 2.17. The summed E-state index contributed by atoms with van der Waals surface area (Å²) in [7, 11) is 0. The first-order valence-corrected chi connectivity index (χ1v) is 10.9. The van der Waals surface area contributed by atoms with Gasteiger partial charge in [0.05, 0.1) is 0 Å². The minimum Gasteiger partial charge on any atom is -0.360 e. The molecule has 0 saturated heterocycles. The normalized spacial score (nSPS) is 14.7. The predicted molar refractivity (Wildman–Crippen MR) is 119 cm³/mol. The Morgan fingerprint density at radius 2 is 1.41 bits per heavy atom. The smallest absolute Gasteiger partial charge is 0.169 e. The maximum atomic E-state index is 5.82. The fraction of sp³-hybridized carbons (Fsp3) is 0.458. The summed E-state index contributed by atoms with van der Waals surface area (Å²) >= 11 is 5.82. The van der Waals surface area contributed by atoms with Crippen molar-refractivity contribution in [3.63, 3.8) is 0 Å². The van der Waals surface area contributed by atoms with Gasteiger partial charge in [0.1, 0.15) is 0 Å². The van der Waals surface area contributed by atoms with Crippen LogP contribution >= 0.6 is 12.2 Å². The SMILES string of the molecule is S=C(NC1CCCCC1)N(CCCc1ccccc1)CCc1ccccc1. The first-order chi connectivity index (χ1) is 13.3. The van der Waals surface area contributed by atoms with E-state index in [9.17, 15) is 0 Å². The maximum Gasteiger partial charge on any atom is 0.169 e. The molecule has 0 bridgehead atoms. The molecule has 0 radical (unpaired) electrons. The van der Waals surface area contributed by atoms with Crippen LogP contribution in [0.5, 0.6) is 0 Å². The van der Waals surface area contributed by atoms with Gasteiger partial charge in [0, 0.05) is 19.1 Å². The zero-order valence-corrected chi connectivity index (χ0v) is 17.1. The Balaban J connectivity index is 1.53. The lowest BCUT2D eigenvalue weighted by Gasteiger charge is -2.31. The summed E-state index contributed by atoms with van der Waals surface area (Å²) in [5, 5.41) is 4.61. The van der Waals surface area contributed by atoms with Gasteiger partial charge in [-0.3, -0.25) is 0 Å². The van der Waals surface area contributed by atoms with Crippen molar-refractivity contribution in [1.29, 1.82) is 0 Å². The number of hydrogen-bond donors (Lipinski definition) is 1. The number of benzene rings is 2. The van der Waals surface area contributed by atoms with Gasteiger partial charge in [-0.2, -0.15) is 0 Å². The Hall–Kier alpha value is -1.87. The lowest BCUT2D eigenvalue weighted by Crippen LogP contribution is -2.46. The maximum absolute atomic E-state index is 5.82. The lowest BCUT2D eigenvalue weighted by atomic mass is 9.96. The van der Waals surface area contributed by atoms with Gasteiger partial charge in [0.25, 0.3) is 0 Å². The van der Waals surface area contributed by atoms with Crippen LogP contribution in [0, 0.1) is 0 Å². The topological polar surface area (TPSA) is 15.3 Å². The van der Waals surface area contributed by atoms with E-state index in [2.05, 4.69) is 70.9 Å². The number of thiocarbonyl (C=S) groups is 1. The lowest BCUT2D eigenvalue weighted by molar-refractivity contribution is 0.369. The summed E-state index contributed by atoms with van der Waals surface area (Å²) in [6.45, 7) is 2.00. The first-order valence-electron chi connectivity index (χ1n) is 10.4. The Labute approximate surface area is 170 Å². The number of nitrogens with one attached hydrogen (secondary N) is 1. The number of nitrogens with zero attached hydrogens (tertiary/aromatic N) is 1. The van der Waals surface area contributed by atoms with E-state index in [1.807, 2.05) is 0 Å². The molecule has 3 heteroatoms. The van der Waals surface area contributed by atoms with Crippen LogP contribution in [-0.4, -0.2) is 29.1 Å². The molecule has 27 heavy (non-hydrogen) atoms. The van der Waals surface area contributed by atoms with Crippen molar-refractivity contribution in [2.45, 2.75) is 57.4 Å². The summed E-state index contributed by atoms with van der Waals surface area (Å²) in [5.41, 5.74) is 2.79. The van der Waals surface area contributed by atoms with Crippen molar-refractivity contribution in [3.8, 4) is 0 Å². The van der Waals surface area contributed by atoms with Crippen LogP contribution in [-0.2, 0) is 12.8 Å². The first kappa shape index (κ1) is 19.9. The van der Waals surface area contributed by atoms with Crippen LogP contribution in [0.25, 0.3) is 0 Å². The fourth-order valence-electron chi connectivity index (χ4n) is 3.86. The van der Waals surface area contributed by atoms with Gasteiger partial charge in [-0.25, -0.2) is 0 Å². The second-order valence-corrected chi connectivity index (χ2v) is 7.98. The number of aryl methyl sites for hydroxylation is 1. The highest BCUT2D eigenvalue weighted by molar-refractivity contribution is 7.80. The van der Waals surface area contributed by atoms with Crippen LogP contribution < -0.4 is 5.32 Å². The predicted octanol–water partition coefficient (Wildman–Crippen LogP) is 5.37. The molecule has 144 valence electrons. The third-order valence-corrected chi connectivity index (χ3v) is 5.85. The molecule has 2 nitrogen and oxygen atoms in total. The molecule has 0 atom stereocenters. The van der Waals surface area contributed by atoms with Gasteiger partial charge in [-0.05, 0) is 55.4 Å². The van der Waals surface area contributed by atoms with Crippen LogP contribution in [0.2, 0.25) is 0 Å². The van der Waals surface area contributed by atoms with Crippen molar-refractivity contribution in [1.82, 2.24) is 10.2 Å². The summed E-state index contributed by atoms with van der Waals surface area (Å²) < 4.78 is 0. The molecule has 0 spiro atoms. The highest BCUT2D eigenvalue weighted by atomic mass is 32.1. The zero-order chi connectivity index (χ0) is 18.7. The zero-order valence-electron chi connectivity index (χ0n) is 16.3. The van der Waals surface area contributed by atoms with E-state index in [1.165, 1.54) is 43.2 Å². The van der Waals surface area contributed by atoms with E-state index in [1.54, 1.807) is 0 Å². The van der Waals surface area contributed by atoms with Gasteiger partial charge in [-0.15, -0.1) is 0 Å². The number of hydrogen-bond acceptors (Lipinski definition) is 1. The third kappa shape index (κ3) is 6.99. The molecule has 2 aromatic carbocycles. The van der Waals surface area contributed by atoms with E-state index in [0.717, 1.165) is 37.5 Å². The Kier molecular flexibility index (Phi) is 8.16. The van der Waals surface area contributed by atoms with E-state index in [4.69, 9.17) is 12.2 Å². The fourth-order valence-corrected chi connectivity index (χ4v) is 4.20. The Bertz CT molecular complexity index is 665. The van der Waals surface area contributed by atoms with Gasteiger partial charge in [0.2, 0.25) is 0 Å². The van der Waals surface area contributed by atoms with Crippen LogP contribution in [0.3, 0.4) is 0 Å². The monoisotopic (exact) mass is 380 g/mol. The molecule has 1 N–H and O–H groups in total. The average Bonchev–Trinajstić information content (AvgIpc) is 2.72. The van der Waals surface area contributed by atoms with Crippen molar-refractivity contribution in [3.05, 3.63) is 71.8 Å². The molecule has 1 aliphatic rings. The van der Waals surface area contributed by atoms with Gasteiger partial charge >= 0.3 is 0 Å². The average molecular weight is 381 g/mol. The Morgan fingerprint density at radius 1 is 0.815 bits per heavy atom. The molecule has 1 fully saturated rings. The summed E-state index contributed by atoms with van der Waals surface area (Å²) in [5.74, 6) is 0. The van der Waals surface area contributed by atoms with Crippen LogP contribution in [0.1, 0.15) is 49.7 Å². The second kappa shape index (κ2) is 11.1. The third-order valence-electron chi connectivity index (χ3n) is 5.47. The van der Waals surface area contributed by atoms with E-state index >= 15 is 0 Å². The van der Waals surface area contributed by atoms with Gasteiger partial charge in [0.15, 0.2) is 5.11 Å². The summed E-state index contributed by atoms with van der Waals surface area (Å²) in [4.78, 5) is 2.39. The molecular weight excluding hydrogens is 348 g/mol. The van der Waals surface area contributed by atoms with Crippen molar-refractivity contribution in [2.24, 2.45) is 0 Å². The largest absolute Gasteiger partial charge is 0.360 e. The molecular formula is C24H32N2S. The van der Waals surface area contributed by atoms with E-state index in [-0.39, 0.29) is 0 Å². The van der Waals surface area contributed by atoms with Gasteiger partial charge in [-0.1, -0.05) is 79.9 Å². The molecule has 1 aliphatic carbocycles. The van der Waals surface area contributed by atoms with Crippen LogP contribution in [0.15, 0.2) is 60.7 Å². The molecule has 0 amide bonds. The molecule has 0 aliphatic heterocycles. The van der Waals surface area contributed by atoms with E-state index in [0.29, 0.717) is 6.04 Å². The number of rotatable bonds is 8.